The van der Waals surface area contributed by atoms with E-state index >= 15 is 0 Å². The van der Waals surface area contributed by atoms with Gasteiger partial charge in [-0.1, -0.05) is 13.3 Å². The molecule has 0 bridgehead atoms. The summed E-state index contributed by atoms with van der Waals surface area (Å²) in [6, 6.07) is 0. The lowest BCUT2D eigenvalue weighted by Gasteiger charge is -2.26. The fraction of sp³-hybridized carbons (Fsp3) is 1.00. The number of hydrogen-bond acceptors (Lipinski definition) is 1. The second-order valence-electron chi connectivity index (χ2n) is 2.92. The third-order valence-corrected chi connectivity index (χ3v) is 1.67. The summed E-state index contributed by atoms with van der Waals surface area (Å²) in [5.41, 5.74) is 0. The Kier molecular flexibility index (Phi) is 4.23. The molecule has 1 unspecified atom stereocenters. The van der Waals surface area contributed by atoms with Crippen molar-refractivity contribution in [2.24, 2.45) is 5.92 Å². The second kappa shape index (κ2) is 4.37. The fourth-order valence-corrected chi connectivity index (χ4v) is 1.08. The normalized spacial score (nSPS) is 16.1. The third-order valence-electron chi connectivity index (χ3n) is 1.67. The fourth-order valence-electron chi connectivity index (χ4n) is 1.08. The smallest absolute Gasteiger partial charge is 0.392 e. The van der Waals surface area contributed by atoms with Crippen molar-refractivity contribution in [1.82, 2.24) is 0 Å². The highest BCUT2D eigenvalue weighted by atomic mass is 19.4. The SMILES string of the molecule is CCCC(O)C(C(F)(F)F)C(F)(F)F. The van der Waals surface area contributed by atoms with Crippen molar-refractivity contribution >= 4 is 0 Å². The van der Waals surface area contributed by atoms with Crippen LogP contribution in [-0.2, 0) is 0 Å². The number of aliphatic hydroxyl groups is 1. The van der Waals surface area contributed by atoms with Crippen LogP contribution in [0.25, 0.3) is 0 Å². The van der Waals surface area contributed by atoms with Crippen LogP contribution >= 0.6 is 0 Å². The van der Waals surface area contributed by atoms with Gasteiger partial charge in [0, 0.05) is 0 Å². The van der Waals surface area contributed by atoms with E-state index in [0.29, 0.717) is 0 Å². The molecule has 0 rings (SSSR count). The minimum Gasteiger partial charge on any atom is -0.392 e. The molecule has 86 valence electrons. The predicted molar refractivity (Wildman–Crippen MR) is 36.5 cm³/mol. The van der Waals surface area contributed by atoms with Gasteiger partial charge in [0.1, 0.15) is 0 Å². The van der Waals surface area contributed by atoms with Gasteiger partial charge in [-0.3, -0.25) is 0 Å². The molecular formula is C7H10F6O. The molecule has 0 fully saturated rings. The van der Waals surface area contributed by atoms with Gasteiger partial charge < -0.3 is 5.11 Å². The predicted octanol–water partition coefficient (Wildman–Crippen LogP) is 2.89. The standard InChI is InChI=1S/C7H10F6O/c1-2-3-4(14)5(6(8,9)10)7(11,12)13/h4-5,14H,2-3H2,1H3. The van der Waals surface area contributed by atoms with E-state index in [1.807, 2.05) is 0 Å². The molecule has 14 heavy (non-hydrogen) atoms. The number of hydrogen-bond donors (Lipinski definition) is 1. The van der Waals surface area contributed by atoms with Crippen LogP contribution in [0.15, 0.2) is 0 Å². The van der Waals surface area contributed by atoms with E-state index < -0.39 is 30.8 Å². The number of rotatable bonds is 3. The van der Waals surface area contributed by atoms with E-state index in [1.54, 1.807) is 0 Å². The molecule has 0 aliphatic carbocycles. The summed E-state index contributed by atoms with van der Waals surface area (Å²) in [4.78, 5) is 0. The zero-order valence-electron chi connectivity index (χ0n) is 7.28. The molecule has 1 atom stereocenters. The van der Waals surface area contributed by atoms with Gasteiger partial charge >= 0.3 is 12.4 Å². The van der Waals surface area contributed by atoms with Crippen molar-refractivity contribution in [3.8, 4) is 0 Å². The van der Waals surface area contributed by atoms with Crippen LogP contribution < -0.4 is 0 Å². The summed E-state index contributed by atoms with van der Waals surface area (Å²) >= 11 is 0. The first-order valence-corrected chi connectivity index (χ1v) is 3.92. The van der Waals surface area contributed by atoms with Crippen LogP contribution in [0.2, 0.25) is 0 Å². The van der Waals surface area contributed by atoms with E-state index in [2.05, 4.69) is 0 Å². The molecular weight excluding hydrogens is 214 g/mol. The van der Waals surface area contributed by atoms with Crippen LogP contribution in [0.4, 0.5) is 26.3 Å². The summed E-state index contributed by atoms with van der Waals surface area (Å²) in [6.45, 7) is 1.40. The molecule has 0 heterocycles. The average Bonchev–Trinajstić information content (AvgIpc) is 1.78. The average molecular weight is 224 g/mol. The Morgan fingerprint density at radius 1 is 1.00 bits per heavy atom. The molecule has 0 saturated carbocycles. The van der Waals surface area contributed by atoms with Gasteiger partial charge in [-0.15, -0.1) is 0 Å². The minimum absolute atomic E-state index is 0.0594. The quantitative estimate of drug-likeness (QED) is 0.731. The van der Waals surface area contributed by atoms with Gasteiger partial charge in [0.2, 0.25) is 0 Å². The molecule has 7 heteroatoms. The molecule has 0 spiro atoms. The first kappa shape index (κ1) is 13.5. The van der Waals surface area contributed by atoms with E-state index in [0.717, 1.165) is 0 Å². The summed E-state index contributed by atoms with van der Waals surface area (Å²) in [6.07, 6.45) is -13.8. The lowest BCUT2D eigenvalue weighted by atomic mass is 9.97. The lowest BCUT2D eigenvalue weighted by molar-refractivity contribution is -0.306. The Morgan fingerprint density at radius 2 is 1.36 bits per heavy atom. The largest absolute Gasteiger partial charge is 0.403 e. The van der Waals surface area contributed by atoms with Gasteiger partial charge in [-0.25, -0.2) is 0 Å². The summed E-state index contributed by atoms with van der Waals surface area (Å²) in [7, 11) is 0. The first-order valence-electron chi connectivity index (χ1n) is 3.92. The molecule has 0 amide bonds. The van der Waals surface area contributed by atoms with Gasteiger partial charge in [-0.2, -0.15) is 26.3 Å². The van der Waals surface area contributed by atoms with Crippen molar-refractivity contribution in [2.45, 2.75) is 38.2 Å². The highest BCUT2D eigenvalue weighted by Crippen LogP contribution is 2.42. The Labute approximate surface area is 76.7 Å². The van der Waals surface area contributed by atoms with Gasteiger partial charge in [0.25, 0.3) is 0 Å². The molecule has 0 aliphatic rings. The third kappa shape index (κ3) is 3.73. The topological polar surface area (TPSA) is 20.2 Å². The molecule has 0 aromatic carbocycles. The van der Waals surface area contributed by atoms with Gasteiger partial charge in [0.05, 0.1) is 6.10 Å². The first-order chi connectivity index (χ1) is 6.10. The zero-order chi connectivity index (χ0) is 11.6. The molecule has 0 radical (unpaired) electrons. The van der Waals surface area contributed by atoms with Gasteiger partial charge in [0.15, 0.2) is 5.92 Å². The molecule has 1 N–H and O–H groups in total. The number of halogens is 6. The van der Waals surface area contributed by atoms with Crippen LogP contribution in [0, 0.1) is 5.92 Å². The van der Waals surface area contributed by atoms with E-state index in [1.165, 1.54) is 6.92 Å². The van der Waals surface area contributed by atoms with E-state index in [9.17, 15) is 26.3 Å². The van der Waals surface area contributed by atoms with Crippen molar-refractivity contribution in [3.05, 3.63) is 0 Å². The van der Waals surface area contributed by atoms with Crippen LogP contribution in [0.3, 0.4) is 0 Å². The lowest BCUT2D eigenvalue weighted by Crippen LogP contribution is -2.44. The molecule has 0 aromatic rings. The van der Waals surface area contributed by atoms with Gasteiger partial charge in [-0.05, 0) is 6.42 Å². The van der Waals surface area contributed by atoms with Crippen LogP contribution in [-0.4, -0.2) is 23.6 Å². The summed E-state index contributed by atoms with van der Waals surface area (Å²) < 4.78 is 71.5. The Bertz CT molecular complexity index is 158. The highest BCUT2D eigenvalue weighted by molar-refractivity contribution is 4.81. The van der Waals surface area contributed by atoms with E-state index in [-0.39, 0.29) is 6.42 Å². The Morgan fingerprint density at radius 3 is 1.57 bits per heavy atom. The molecule has 0 saturated heterocycles. The maximum Gasteiger partial charge on any atom is 0.403 e. The second-order valence-corrected chi connectivity index (χ2v) is 2.92. The molecule has 1 nitrogen and oxygen atoms in total. The molecule has 0 aromatic heterocycles. The monoisotopic (exact) mass is 224 g/mol. The van der Waals surface area contributed by atoms with E-state index in [4.69, 9.17) is 5.11 Å². The minimum atomic E-state index is -5.45. The maximum atomic E-state index is 11.9. The maximum absolute atomic E-state index is 11.9. The zero-order valence-corrected chi connectivity index (χ0v) is 7.28. The summed E-state index contributed by atoms with van der Waals surface area (Å²) in [5, 5.41) is 8.74. The Hall–Kier alpha value is -0.460. The van der Waals surface area contributed by atoms with Crippen LogP contribution in [0.1, 0.15) is 19.8 Å². The summed E-state index contributed by atoms with van der Waals surface area (Å²) in [5.74, 6) is -3.64. The van der Waals surface area contributed by atoms with Crippen LogP contribution in [0.5, 0.6) is 0 Å². The Balaban J connectivity index is 4.74. The highest BCUT2D eigenvalue weighted by Gasteiger charge is 2.59. The number of alkyl halides is 6. The molecule has 0 aliphatic heterocycles. The number of aliphatic hydroxyl groups excluding tert-OH is 1. The van der Waals surface area contributed by atoms with Crippen molar-refractivity contribution in [2.75, 3.05) is 0 Å². The van der Waals surface area contributed by atoms with Crippen molar-refractivity contribution < 1.29 is 31.4 Å². The van der Waals surface area contributed by atoms with Crippen molar-refractivity contribution in [1.29, 1.82) is 0 Å². The van der Waals surface area contributed by atoms with Crippen molar-refractivity contribution in [3.63, 3.8) is 0 Å².